The number of carboxylic acid groups (broad SMARTS) is 1. The van der Waals surface area contributed by atoms with Crippen LogP contribution in [0.4, 0.5) is 4.79 Å². The van der Waals surface area contributed by atoms with E-state index in [4.69, 9.17) is 4.74 Å². The van der Waals surface area contributed by atoms with Crippen LogP contribution in [-0.4, -0.2) is 52.3 Å². The van der Waals surface area contributed by atoms with Gasteiger partial charge in [0, 0.05) is 12.1 Å². The highest BCUT2D eigenvalue weighted by Gasteiger charge is 2.52. The minimum Gasteiger partial charge on any atom is -0.480 e. The Labute approximate surface area is 119 Å². The third-order valence-corrected chi connectivity index (χ3v) is 4.30. The Bertz CT molecular complexity index is 402. The molecule has 0 radical (unpaired) electrons. The number of carboxylic acids is 1. The number of aliphatic carboxylic acids is 1. The van der Waals surface area contributed by atoms with Crippen LogP contribution in [0.2, 0.25) is 0 Å². The highest BCUT2D eigenvalue weighted by atomic mass is 16.6. The number of hydrogen-bond donors (Lipinski definition) is 2. The van der Waals surface area contributed by atoms with Gasteiger partial charge in [-0.1, -0.05) is 0 Å². The molecule has 0 aromatic carbocycles. The molecule has 0 aliphatic carbocycles. The van der Waals surface area contributed by atoms with Crippen LogP contribution in [0.15, 0.2) is 0 Å². The Morgan fingerprint density at radius 1 is 1.25 bits per heavy atom. The van der Waals surface area contributed by atoms with Crippen LogP contribution < -0.4 is 5.32 Å². The standard InChI is InChI=1S/C14H24N2O4/c1-13(2,3)20-12(19)15-14(11(17)18)7-9-5-6-10(8-14)16(9)4/h9-10H,5-8H2,1-4H3,(H,15,19)(H,17,18). The minimum absolute atomic E-state index is 0.222. The second kappa shape index (κ2) is 4.91. The molecule has 114 valence electrons. The smallest absolute Gasteiger partial charge is 0.408 e. The SMILES string of the molecule is CN1C2CCC1CC(NC(=O)OC(C)(C)C)(C(=O)O)C2. The molecule has 2 bridgehead atoms. The molecule has 2 unspecified atom stereocenters. The molecule has 2 saturated heterocycles. The molecular weight excluding hydrogens is 260 g/mol. The molecule has 0 aromatic heterocycles. The number of piperidine rings is 1. The summed E-state index contributed by atoms with van der Waals surface area (Å²) in [4.78, 5) is 25.9. The van der Waals surface area contributed by atoms with Crippen molar-refractivity contribution in [2.45, 2.75) is 69.7 Å². The van der Waals surface area contributed by atoms with Gasteiger partial charge in [0.25, 0.3) is 0 Å². The number of alkyl carbamates (subject to hydrolysis) is 1. The van der Waals surface area contributed by atoms with Crippen molar-refractivity contribution in [1.82, 2.24) is 10.2 Å². The van der Waals surface area contributed by atoms with E-state index in [2.05, 4.69) is 10.2 Å². The number of hydrogen-bond acceptors (Lipinski definition) is 4. The van der Waals surface area contributed by atoms with Crippen molar-refractivity contribution in [2.75, 3.05) is 7.05 Å². The van der Waals surface area contributed by atoms with Gasteiger partial charge in [-0.3, -0.25) is 0 Å². The molecule has 1 amide bonds. The van der Waals surface area contributed by atoms with Crippen LogP contribution in [0.1, 0.15) is 46.5 Å². The lowest BCUT2D eigenvalue weighted by Crippen LogP contribution is -2.63. The Morgan fingerprint density at radius 3 is 2.15 bits per heavy atom. The number of nitrogens with zero attached hydrogens (tertiary/aromatic N) is 1. The lowest BCUT2D eigenvalue weighted by Gasteiger charge is -2.42. The second-order valence-electron chi connectivity index (χ2n) is 6.97. The maximum atomic E-state index is 11.9. The quantitative estimate of drug-likeness (QED) is 0.805. The summed E-state index contributed by atoms with van der Waals surface area (Å²) in [7, 11) is 2.03. The first-order valence-corrected chi connectivity index (χ1v) is 7.09. The summed E-state index contributed by atoms with van der Waals surface area (Å²) < 4.78 is 5.21. The molecule has 2 aliphatic heterocycles. The normalized spacial score (nSPS) is 33.8. The van der Waals surface area contributed by atoms with Crippen LogP contribution in [0, 0.1) is 0 Å². The first-order valence-electron chi connectivity index (χ1n) is 7.09. The van der Waals surface area contributed by atoms with Gasteiger partial charge in [-0.05, 0) is 53.5 Å². The first kappa shape index (κ1) is 15.1. The average Bonchev–Trinajstić information content (AvgIpc) is 2.51. The molecule has 2 aliphatic rings. The number of carbonyl (C=O) groups is 2. The monoisotopic (exact) mass is 284 g/mol. The highest BCUT2D eigenvalue weighted by Crippen LogP contribution is 2.40. The fourth-order valence-electron chi connectivity index (χ4n) is 3.30. The largest absolute Gasteiger partial charge is 0.480 e. The Morgan fingerprint density at radius 2 is 1.75 bits per heavy atom. The number of nitrogens with one attached hydrogen (secondary N) is 1. The van der Waals surface area contributed by atoms with E-state index >= 15 is 0 Å². The number of ether oxygens (including phenoxy) is 1. The fourth-order valence-corrected chi connectivity index (χ4v) is 3.30. The summed E-state index contributed by atoms with van der Waals surface area (Å²) in [5, 5.41) is 12.2. The van der Waals surface area contributed by atoms with Crippen LogP contribution in [0.3, 0.4) is 0 Å². The van der Waals surface area contributed by atoms with E-state index in [-0.39, 0.29) is 12.1 Å². The summed E-state index contributed by atoms with van der Waals surface area (Å²) in [6, 6.07) is 0.444. The van der Waals surface area contributed by atoms with Gasteiger partial charge in [0.2, 0.25) is 0 Å². The molecule has 0 saturated carbocycles. The average molecular weight is 284 g/mol. The van der Waals surface area contributed by atoms with E-state index in [9.17, 15) is 14.7 Å². The molecular formula is C14H24N2O4. The second-order valence-corrected chi connectivity index (χ2v) is 6.97. The lowest BCUT2D eigenvalue weighted by atomic mass is 9.83. The summed E-state index contributed by atoms with van der Waals surface area (Å²) in [6.07, 6.45) is 2.21. The van der Waals surface area contributed by atoms with E-state index in [1.165, 1.54) is 0 Å². The number of fused-ring (bicyclic) bond motifs is 2. The van der Waals surface area contributed by atoms with Gasteiger partial charge in [-0.15, -0.1) is 0 Å². The predicted molar refractivity (Wildman–Crippen MR) is 73.5 cm³/mol. The molecule has 6 heteroatoms. The van der Waals surface area contributed by atoms with Crippen molar-refractivity contribution in [2.24, 2.45) is 0 Å². The predicted octanol–water partition coefficient (Wildman–Crippen LogP) is 1.59. The van der Waals surface area contributed by atoms with Crippen molar-refractivity contribution < 1.29 is 19.4 Å². The maximum Gasteiger partial charge on any atom is 0.408 e. The molecule has 6 nitrogen and oxygen atoms in total. The summed E-state index contributed by atoms with van der Waals surface area (Å²) >= 11 is 0. The van der Waals surface area contributed by atoms with Gasteiger partial charge >= 0.3 is 12.1 Å². The minimum atomic E-state index is -1.19. The van der Waals surface area contributed by atoms with Crippen LogP contribution in [0.5, 0.6) is 0 Å². The van der Waals surface area contributed by atoms with Crippen LogP contribution in [0.25, 0.3) is 0 Å². The Kier molecular flexibility index (Phi) is 3.71. The van der Waals surface area contributed by atoms with E-state index < -0.39 is 23.2 Å². The van der Waals surface area contributed by atoms with Crippen LogP contribution in [-0.2, 0) is 9.53 Å². The van der Waals surface area contributed by atoms with Gasteiger partial charge in [0.15, 0.2) is 0 Å². The van der Waals surface area contributed by atoms with Crippen molar-refractivity contribution in [3.63, 3.8) is 0 Å². The van der Waals surface area contributed by atoms with E-state index in [0.29, 0.717) is 12.8 Å². The van der Waals surface area contributed by atoms with E-state index in [1.807, 2.05) is 7.05 Å². The zero-order valence-corrected chi connectivity index (χ0v) is 12.6. The highest BCUT2D eigenvalue weighted by molar-refractivity contribution is 5.85. The molecule has 2 rings (SSSR count). The number of carbonyl (C=O) groups excluding carboxylic acids is 1. The Balaban J connectivity index is 2.12. The Hall–Kier alpha value is -1.30. The van der Waals surface area contributed by atoms with Crippen molar-refractivity contribution in [1.29, 1.82) is 0 Å². The lowest BCUT2D eigenvalue weighted by molar-refractivity contribution is -0.148. The van der Waals surface area contributed by atoms with Crippen molar-refractivity contribution in [3.05, 3.63) is 0 Å². The van der Waals surface area contributed by atoms with Crippen LogP contribution >= 0.6 is 0 Å². The van der Waals surface area contributed by atoms with Crippen molar-refractivity contribution in [3.8, 4) is 0 Å². The summed E-state index contributed by atoms with van der Waals surface area (Å²) in [6.45, 7) is 5.29. The molecule has 0 spiro atoms. The number of rotatable bonds is 2. The first-order chi connectivity index (χ1) is 9.13. The third kappa shape index (κ3) is 2.90. The summed E-state index contributed by atoms with van der Waals surface area (Å²) in [5.74, 6) is -0.964. The molecule has 2 fully saturated rings. The molecule has 0 aromatic rings. The zero-order valence-electron chi connectivity index (χ0n) is 12.6. The number of amides is 1. The third-order valence-electron chi connectivity index (χ3n) is 4.30. The van der Waals surface area contributed by atoms with Gasteiger partial charge in [0.05, 0.1) is 0 Å². The fraction of sp³-hybridized carbons (Fsp3) is 0.857. The molecule has 2 heterocycles. The van der Waals surface area contributed by atoms with Gasteiger partial charge in [-0.25, -0.2) is 9.59 Å². The van der Waals surface area contributed by atoms with E-state index in [1.54, 1.807) is 20.8 Å². The molecule has 20 heavy (non-hydrogen) atoms. The zero-order chi connectivity index (χ0) is 15.1. The van der Waals surface area contributed by atoms with Gasteiger partial charge in [0.1, 0.15) is 11.1 Å². The van der Waals surface area contributed by atoms with E-state index in [0.717, 1.165) is 12.8 Å². The molecule has 2 N–H and O–H groups in total. The molecule has 2 atom stereocenters. The maximum absolute atomic E-state index is 11.9. The van der Waals surface area contributed by atoms with Gasteiger partial charge in [-0.2, -0.15) is 0 Å². The summed E-state index contributed by atoms with van der Waals surface area (Å²) in [5.41, 5.74) is -1.82. The van der Waals surface area contributed by atoms with Crippen molar-refractivity contribution >= 4 is 12.1 Å². The topological polar surface area (TPSA) is 78.9 Å². The van der Waals surface area contributed by atoms with Gasteiger partial charge < -0.3 is 20.1 Å².